The van der Waals surface area contributed by atoms with Gasteiger partial charge in [-0.15, -0.1) is 11.6 Å². The van der Waals surface area contributed by atoms with Gasteiger partial charge >= 0.3 is 0 Å². The van der Waals surface area contributed by atoms with E-state index in [-0.39, 0.29) is 0 Å². The van der Waals surface area contributed by atoms with Crippen molar-refractivity contribution in [2.75, 3.05) is 5.88 Å². The fourth-order valence-corrected chi connectivity index (χ4v) is 2.55. The Kier molecular flexibility index (Phi) is 5.30. The number of hydrogen-bond donors (Lipinski definition) is 0. The lowest BCUT2D eigenvalue weighted by Crippen LogP contribution is -1.96. The van der Waals surface area contributed by atoms with Gasteiger partial charge in [-0.2, -0.15) is 0 Å². The van der Waals surface area contributed by atoms with Crippen molar-refractivity contribution in [3.05, 3.63) is 32.5 Å². The zero-order valence-electron chi connectivity index (χ0n) is 8.60. The number of nitrogens with zero attached hydrogens (tertiary/aromatic N) is 1. The highest BCUT2D eigenvalue weighted by Gasteiger charge is 2.05. The van der Waals surface area contributed by atoms with Crippen LogP contribution in [0.25, 0.3) is 6.08 Å². The van der Waals surface area contributed by atoms with E-state index in [0.717, 1.165) is 14.6 Å². The zero-order valence-corrected chi connectivity index (χ0v) is 12.5. The van der Waals surface area contributed by atoms with Crippen LogP contribution in [0.15, 0.2) is 26.8 Å². The van der Waals surface area contributed by atoms with E-state index in [2.05, 4.69) is 50.7 Å². The molecular formula is C11H12Br2ClN. The van der Waals surface area contributed by atoms with E-state index in [1.54, 1.807) is 6.20 Å². The molecule has 0 saturated carbocycles. The van der Waals surface area contributed by atoms with Crippen LogP contribution in [0.1, 0.15) is 19.5 Å². The van der Waals surface area contributed by atoms with Crippen LogP contribution in [0.2, 0.25) is 0 Å². The summed E-state index contributed by atoms with van der Waals surface area (Å²) in [6.07, 6.45) is 3.82. The average Bonchev–Trinajstić information content (AvgIpc) is 2.16. The molecule has 1 aromatic heterocycles. The summed E-state index contributed by atoms with van der Waals surface area (Å²) in [4.78, 5) is 4.32. The van der Waals surface area contributed by atoms with Crippen molar-refractivity contribution < 1.29 is 0 Å². The molecule has 0 radical (unpaired) electrons. The first-order valence-corrected chi connectivity index (χ1v) is 6.74. The van der Waals surface area contributed by atoms with Gasteiger partial charge < -0.3 is 0 Å². The van der Waals surface area contributed by atoms with Crippen LogP contribution in [-0.4, -0.2) is 10.9 Å². The third-order valence-electron chi connectivity index (χ3n) is 2.05. The molecule has 1 nitrogen and oxygen atoms in total. The first-order valence-electron chi connectivity index (χ1n) is 4.62. The molecule has 0 aliphatic rings. The lowest BCUT2D eigenvalue weighted by molar-refractivity contribution is 0.777. The maximum absolute atomic E-state index is 5.88. The summed E-state index contributed by atoms with van der Waals surface area (Å²) in [7, 11) is 0. The molecule has 15 heavy (non-hydrogen) atoms. The van der Waals surface area contributed by atoms with Crippen LogP contribution in [-0.2, 0) is 0 Å². The Morgan fingerprint density at radius 3 is 2.67 bits per heavy atom. The largest absolute Gasteiger partial charge is 0.255 e. The second-order valence-corrected chi connectivity index (χ2v) is 5.57. The molecule has 0 spiro atoms. The van der Waals surface area contributed by atoms with Crippen LogP contribution in [0.5, 0.6) is 0 Å². The lowest BCUT2D eigenvalue weighted by atomic mass is 10.0. The summed E-state index contributed by atoms with van der Waals surface area (Å²) in [6.45, 7) is 4.25. The number of aromatic nitrogens is 1. The molecule has 0 fully saturated rings. The fraction of sp³-hybridized carbons (Fsp3) is 0.364. The van der Waals surface area contributed by atoms with Gasteiger partial charge in [0.05, 0.1) is 5.69 Å². The Hall–Kier alpha value is 0.140. The highest BCUT2D eigenvalue weighted by Crippen LogP contribution is 2.23. The van der Waals surface area contributed by atoms with Crippen molar-refractivity contribution in [3.63, 3.8) is 0 Å². The second kappa shape index (κ2) is 6.02. The van der Waals surface area contributed by atoms with Crippen LogP contribution in [0.4, 0.5) is 0 Å². The Bertz CT molecular complexity index is 375. The Morgan fingerprint density at radius 2 is 2.20 bits per heavy atom. The highest BCUT2D eigenvalue weighted by molar-refractivity contribution is 9.11. The van der Waals surface area contributed by atoms with Gasteiger partial charge in [0.1, 0.15) is 0 Å². The predicted molar refractivity (Wildman–Crippen MR) is 73.2 cm³/mol. The van der Waals surface area contributed by atoms with Crippen LogP contribution < -0.4 is 0 Å². The quantitative estimate of drug-likeness (QED) is 0.706. The molecule has 0 unspecified atom stereocenters. The predicted octanol–water partition coefficient (Wildman–Crippen LogP) is 4.88. The summed E-state index contributed by atoms with van der Waals surface area (Å²) in [5.74, 6) is 0.988. The molecule has 0 bridgehead atoms. The molecule has 1 heterocycles. The number of halogens is 3. The lowest BCUT2D eigenvalue weighted by Gasteiger charge is -2.08. The van der Waals surface area contributed by atoms with E-state index >= 15 is 0 Å². The van der Waals surface area contributed by atoms with Crippen LogP contribution in [0, 0.1) is 5.92 Å². The summed E-state index contributed by atoms with van der Waals surface area (Å²) in [6, 6.07) is 1.98. The van der Waals surface area contributed by atoms with Crippen molar-refractivity contribution in [2.24, 2.45) is 5.92 Å². The third-order valence-corrected chi connectivity index (χ3v) is 3.43. The Balaban J connectivity index is 3.06. The molecule has 0 N–H and O–H groups in total. The second-order valence-electron chi connectivity index (χ2n) is 3.53. The molecule has 82 valence electrons. The minimum absolute atomic E-state index is 0.444. The Morgan fingerprint density at radius 1 is 1.53 bits per heavy atom. The van der Waals surface area contributed by atoms with E-state index in [9.17, 15) is 0 Å². The van der Waals surface area contributed by atoms with Crippen molar-refractivity contribution in [3.8, 4) is 0 Å². The summed E-state index contributed by atoms with van der Waals surface area (Å²) in [5.41, 5.74) is 2.11. The standard InChI is InChI=1S/C11H12Br2ClN/c1-7(2)8(5-14)3-11-10(13)4-9(12)6-15-11/h3-4,6-7H,5H2,1-2H3/b8-3+. The van der Waals surface area contributed by atoms with Gasteiger partial charge in [0.15, 0.2) is 0 Å². The number of hydrogen-bond acceptors (Lipinski definition) is 1. The molecule has 0 amide bonds. The maximum Gasteiger partial charge on any atom is 0.0772 e. The molecule has 0 aromatic carbocycles. The Labute approximate surface area is 112 Å². The number of rotatable bonds is 3. The molecule has 0 aliphatic heterocycles. The number of alkyl halides is 1. The molecule has 1 rings (SSSR count). The average molecular weight is 353 g/mol. The zero-order chi connectivity index (χ0) is 11.4. The minimum atomic E-state index is 0.444. The molecule has 0 atom stereocenters. The molecule has 0 aliphatic carbocycles. The van der Waals surface area contributed by atoms with Crippen LogP contribution in [0.3, 0.4) is 0 Å². The van der Waals surface area contributed by atoms with E-state index in [4.69, 9.17) is 11.6 Å². The number of pyridine rings is 1. The van der Waals surface area contributed by atoms with Crippen molar-refractivity contribution in [1.29, 1.82) is 0 Å². The highest BCUT2D eigenvalue weighted by atomic mass is 79.9. The topological polar surface area (TPSA) is 12.9 Å². The fourth-order valence-electron chi connectivity index (χ4n) is 1.07. The minimum Gasteiger partial charge on any atom is -0.255 e. The van der Waals surface area contributed by atoms with Gasteiger partial charge in [0.25, 0.3) is 0 Å². The first-order chi connectivity index (χ1) is 7.04. The summed E-state index contributed by atoms with van der Waals surface area (Å²) >= 11 is 12.7. The van der Waals surface area contributed by atoms with Gasteiger partial charge in [0, 0.05) is 21.0 Å². The molecule has 1 aromatic rings. The monoisotopic (exact) mass is 351 g/mol. The van der Waals surface area contributed by atoms with E-state index < -0.39 is 0 Å². The van der Waals surface area contributed by atoms with Gasteiger partial charge in [-0.05, 0) is 49.9 Å². The van der Waals surface area contributed by atoms with E-state index in [1.807, 2.05) is 12.1 Å². The molecule has 0 saturated heterocycles. The summed E-state index contributed by atoms with van der Waals surface area (Å²) < 4.78 is 1.93. The molecule has 4 heteroatoms. The van der Waals surface area contributed by atoms with Crippen LogP contribution >= 0.6 is 43.5 Å². The van der Waals surface area contributed by atoms with Gasteiger partial charge in [-0.1, -0.05) is 19.4 Å². The van der Waals surface area contributed by atoms with Gasteiger partial charge in [-0.25, -0.2) is 0 Å². The molecular weight excluding hydrogens is 341 g/mol. The maximum atomic E-state index is 5.88. The van der Waals surface area contributed by atoms with Crippen molar-refractivity contribution in [2.45, 2.75) is 13.8 Å². The van der Waals surface area contributed by atoms with Gasteiger partial charge in [-0.3, -0.25) is 4.98 Å². The van der Waals surface area contributed by atoms with Crippen molar-refractivity contribution >= 4 is 49.5 Å². The summed E-state index contributed by atoms with van der Waals surface area (Å²) in [5, 5.41) is 0. The smallest absolute Gasteiger partial charge is 0.0772 e. The number of allylic oxidation sites excluding steroid dienone is 1. The van der Waals surface area contributed by atoms with E-state index in [1.165, 1.54) is 5.57 Å². The van der Waals surface area contributed by atoms with Gasteiger partial charge in [0.2, 0.25) is 0 Å². The normalized spacial score (nSPS) is 12.3. The third kappa shape index (κ3) is 3.89. The first kappa shape index (κ1) is 13.2. The van der Waals surface area contributed by atoms with E-state index in [0.29, 0.717) is 11.8 Å². The SMILES string of the molecule is CC(C)/C(=C/c1ncc(Br)cc1Br)CCl. The van der Waals surface area contributed by atoms with Crippen molar-refractivity contribution in [1.82, 2.24) is 4.98 Å².